The molecule has 0 aliphatic rings. The molecule has 0 aromatic carbocycles. The molecular formula is C5H5F3O2. The number of alkyl halides is 3. The lowest BCUT2D eigenvalue weighted by Gasteiger charge is -1.93. The zero-order valence-corrected chi connectivity index (χ0v) is 4.90. The predicted molar refractivity (Wildman–Crippen MR) is 28.5 cm³/mol. The number of rotatable bonds is 0. The van der Waals surface area contributed by atoms with E-state index < -0.39 is 12.1 Å². The minimum absolute atomic E-state index is 2.25. The van der Waals surface area contributed by atoms with Gasteiger partial charge in [0.05, 0.1) is 0 Å². The summed E-state index contributed by atoms with van der Waals surface area (Å²) in [5.41, 5.74) is 2.25. The van der Waals surface area contributed by atoms with Gasteiger partial charge in [0, 0.05) is 0 Å². The number of carboxylic acid groups (broad SMARTS) is 1. The van der Waals surface area contributed by atoms with Gasteiger partial charge in [0.25, 0.3) is 0 Å². The average Bonchev–Trinajstić information content (AvgIpc) is 1.64. The fraction of sp³-hybridized carbons (Fsp3) is 0.200. The van der Waals surface area contributed by atoms with Crippen LogP contribution in [0.5, 0.6) is 0 Å². The summed E-state index contributed by atoms with van der Waals surface area (Å²) in [6.45, 7) is 6.25. The van der Waals surface area contributed by atoms with Gasteiger partial charge in [-0.2, -0.15) is 13.2 Å². The maximum absolute atomic E-state index is 10.6. The van der Waals surface area contributed by atoms with E-state index >= 15 is 0 Å². The van der Waals surface area contributed by atoms with E-state index in [-0.39, 0.29) is 0 Å². The Morgan fingerprint density at radius 3 is 1.50 bits per heavy atom. The lowest BCUT2D eigenvalue weighted by Crippen LogP contribution is -2.21. The minimum Gasteiger partial charge on any atom is -0.475 e. The third-order valence-corrected chi connectivity index (χ3v) is 0.243. The van der Waals surface area contributed by atoms with Crippen molar-refractivity contribution in [2.75, 3.05) is 0 Å². The molecule has 0 spiro atoms. The summed E-state index contributed by atoms with van der Waals surface area (Å²) in [6, 6.07) is 0. The van der Waals surface area contributed by atoms with E-state index in [1.54, 1.807) is 0 Å². The Balaban J connectivity index is 0. The molecule has 0 fully saturated rings. The first-order valence-corrected chi connectivity index (χ1v) is 1.95. The maximum atomic E-state index is 10.6. The third kappa shape index (κ3) is 9.91. The molecule has 0 amide bonds. The van der Waals surface area contributed by atoms with Gasteiger partial charge in [0.15, 0.2) is 0 Å². The number of carboxylic acids is 1. The van der Waals surface area contributed by atoms with Crippen molar-refractivity contribution < 1.29 is 23.1 Å². The lowest BCUT2D eigenvalue weighted by atomic mass is 10.7. The number of halogens is 3. The van der Waals surface area contributed by atoms with Gasteiger partial charge in [-0.15, -0.1) is 5.73 Å². The molecule has 0 radical (unpaired) electrons. The molecule has 0 unspecified atom stereocenters. The van der Waals surface area contributed by atoms with Crippen LogP contribution in [0.15, 0.2) is 18.9 Å². The normalized spacial score (nSPS) is 8.70. The van der Waals surface area contributed by atoms with Crippen LogP contribution >= 0.6 is 0 Å². The molecule has 0 aromatic heterocycles. The van der Waals surface area contributed by atoms with E-state index in [0.717, 1.165) is 0 Å². The van der Waals surface area contributed by atoms with Gasteiger partial charge in [0.1, 0.15) is 0 Å². The van der Waals surface area contributed by atoms with Crippen LogP contribution in [0.3, 0.4) is 0 Å². The highest BCUT2D eigenvalue weighted by Gasteiger charge is 2.38. The Bertz CT molecular complexity index is 141. The smallest absolute Gasteiger partial charge is 0.475 e. The Hall–Kier alpha value is -1.22. The van der Waals surface area contributed by atoms with E-state index in [0.29, 0.717) is 0 Å². The Morgan fingerprint density at radius 1 is 1.40 bits per heavy atom. The molecule has 0 heterocycles. The summed E-state index contributed by atoms with van der Waals surface area (Å²) in [5.74, 6) is -2.76. The van der Waals surface area contributed by atoms with E-state index in [2.05, 4.69) is 18.9 Å². The first-order chi connectivity index (χ1) is 4.36. The molecule has 0 rings (SSSR count). The van der Waals surface area contributed by atoms with Crippen molar-refractivity contribution >= 4 is 5.97 Å². The highest BCUT2D eigenvalue weighted by molar-refractivity contribution is 5.73. The van der Waals surface area contributed by atoms with E-state index in [1.807, 2.05) is 0 Å². The second kappa shape index (κ2) is 4.64. The van der Waals surface area contributed by atoms with Crippen molar-refractivity contribution in [1.29, 1.82) is 0 Å². The van der Waals surface area contributed by atoms with Gasteiger partial charge >= 0.3 is 12.1 Å². The van der Waals surface area contributed by atoms with Crippen LogP contribution in [-0.2, 0) is 4.79 Å². The number of hydrogen-bond donors (Lipinski definition) is 1. The number of carbonyl (C=O) groups is 1. The zero-order chi connectivity index (χ0) is 8.78. The molecule has 2 nitrogen and oxygen atoms in total. The zero-order valence-electron chi connectivity index (χ0n) is 4.90. The minimum atomic E-state index is -5.08. The molecule has 0 saturated carbocycles. The van der Waals surface area contributed by atoms with Gasteiger partial charge in [-0.05, 0) is 0 Å². The van der Waals surface area contributed by atoms with Gasteiger partial charge in [-0.3, -0.25) is 0 Å². The van der Waals surface area contributed by atoms with E-state index in [4.69, 9.17) is 9.90 Å². The summed E-state index contributed by atoms with van der Waals surface area (Å²) in [7, 11) is 0. The van der Waals surface area contributed by atoms with Crippen molar-refractivity contribution in [3.05, 3.63) is 18.9 Å². The number of hydrogen-bond acceptors (Lipinski definition) is 1. The topological polar surface area (TPSA) is 37.3 Å². The summed E-state index contributed by atoms with van der Waals surface area (Å²) >= 11 is 0. The van der Waals surface area contributed by atoms with E-state index in [9.17, 15) is 13.2 Å². The van der Waals surface area contributed by atoms with Crippen molar-refractivity contribution in [2.24, 2.45) is 0 Å². The van der Waals surface area contributed by atoms with Crippen LogP contribution in [0, 0.1) is 0 Å². The van der Waals surface area contributed by atoms with Gasteiger partial charge in [-0.1, -0.05) is 13.2 Å². The SMILES string of the molecule is C=C=C.O=C(O)C(F)(F)F. The molecule has 0 saturated heterocycles. The second-order valence-corrected chi connectivity index (χ2v) is 1.05. The summed E-state index contributed by atoms with van der Waals surface area (Å²) in [4.78, 5) is 8.90. The van der Waals surface area contributed by atoms with Crippen LogP contribution in [0.25, 0.3) is 0 Å². The van der Waals surface area contributed by atoms with Crippen molar-refractivity contribution in [3.63, 3.8) is 0 Å². The van der Waals surface area contributed by atoms with Gasteiger partial charge < -0.3 is 5.11 Å². The van der Waals surface area contributed by atoms with Crippen LogP contribution in [-0.4, -0.2) is 17.3 Å². The molecule has 1 N–H and O–H groups in total. The Labute approximate surface area is 55.3 Å². The lowest BCUT2D eigenvalue weighted by molar-refractivity contribution is -0.192. The average molecular weight is 154 g/mol. The first-order valence-electron chi connectivity index (χ1n) is 1.95. The molecule has 0 bridgehead atoms. The van der Waals surface area contributed by atoms with Gasteiger partial charge in [0.2, 0.25) is 0 Å². The van der Waals surface area contributed by atoms with Crippen molar-refractivity contribution in [1.82, 2.24) is 0 Å². The Morgan fingerprint density at radius 2 is 1.50 bits per heavy atom. The van der Waals surface area contributed by atoms with Crippen LogP contribution < -0.4 is 0 Å². The molecule has 10 heavy (non-hydrogen) atoms. The Kier molecular flexibility index (Phi) is 5.36. The summed E-state index contributed by atoms with van der Waals surface area (Å²) in [5, 5.41) is 7.12. The third-order valence-electron chi connectivity index (χ3n) is 0.243. The predicted octanol–water partition coefficient (Wildman–Crippen LogP) is 1.59. The monoisotopic (exact) mass is 154 g/mol. The largest absolute Gasteiger partial charge is 0.490 e. The highest BCUT2D eigenvalue weighted by atomic mass is 19.4. The van der Waals surface area contributed by atoms with Crippen LogP contribution in [0.1, 0.15) is 0 Å². The summed E-state index contributed by atoms with van der Waals surface area (Å²) in [6.07, 6.45) is -5.08. The van der Waals surface area contributed by atoms with Crippen molar-refractivity contribution in [2.45, 2.75) is 6.18 Å². The first kappa shape index (κ1) is 11.6. The molecule has 0 atom stereocenters. The fourth-order valence-electron chi connectivity index (χ4n) is 0. The van der Waals surface area contributed by atoms with Crippen LogP contribution in [0.4, 0.5) is 13.2 Å². The molecule has 5 heteroatoms. The molecule has 0 aliphatic heterocycles. The summed E-state index contributed by atoms with van der Waals surface area (Å²) < 4.78 is 31.7. The highest BCUT2D eigenvalue weighted by Crippen LogP contribution is 2.13. The second-order valence-electron chi connectivity index (χ2n) is 1.05. The number of aliphatic carboxylic acids is 1. The molecule has 0 aromatic rings. The van der Waals surface area contributed by atoms with Crippen LogP contribution in [0.2, 0.25) is 0 Å². The van der Waals surface area contributed by atoms with Crippen molar-refractivity contribution in [3.8, 4) is 0 Å². The molecular weight excluding hydrogens is 149 g/mol. The maximum Gasteiger partial charge on any atom is 0.490 e. The quantitative estimate of drug-likeness (QED) is 0.538. The van der Waals surface area contributed by atoms with Gasteiger partial charge in [-0.25, -0.2) is 4.79 Å². The van der Waals surface area contributed by atoms with E-state index in [1.165, 1.54) is 0 Å². The molecule has 58 valence electrons. The standard InChI is InChI=1S/C3H4.C2HF3O2/c1-3-2;3-2(4,5)1(6)7/h1-2H2;(H,6,7). The fourth-order valence-corrected chi connectivity index (χ4v) is 0. The molecule has 0 aliphatic carbocycles.